The highest BCUT2D eigenvalue weighted by molar-refractivity contribution is 6.07. The van der Waals surface area contributed by atoms with Crippen LogP contribution in [-0.4, -0.2) is 59.0 Å². The van der Waals surface area contributed by atoms with Crippen molar-refractivity contribution in [2.45, 2.75) is 45.6 Å². The van der Waals surface area contributed by atoms with Crippen molar-refractivity contribution in [2.75, 3.05) is 26.2 Å². The number of nitrogens with zero attached hydrogens (tertiary/aromatic N) is 3. The Morgan fingerprint density at radius 1 is 1.20 bits per heavy atom. The first-order valence-corrected chi connectivity index (χ1v) is 7.52. The Labute approximate surface area is 120 Å². The zero-order valence-corrected chi connectivity index (χ0v) is 12.5. The molecule has 1 amide bonds. The minimum Gasteiger partial charge on any atom is -0.409 e. The van der Waals surface area contributed by atoms with Gasteiger partial charge in [0.05, 0.1) is 0 Å². The maximum absolute atomic E-state index is 12.8. The summed E-state index contributed by atoms with van der Waals surface area (Å²) in [6.45, 7) is 7.61. The lowest BCUT2D eigenvalue weighted by atomic mass is 9.83. The van der Waals surface area contributed by atoms with Crippen LogP contribution in [0.5, 0.6) is 0 Å². The molecule has 6 heteroatoms. The molecule has 0 unspecified atom stereocenters. The second kappa shape index (κ2) is 5.99. The van der Waals surface area contributed by atoms with Crippen molar-refractivity contribution in [1.82, 2.24) is 9.80 Å². The molecule has 20 heavy (non-hydrogen) atoms. The topological polar surface area (TPSA) is 82.2 Å². The lowest BCUT2D eigenvalue weighted by Gasteiger charge is -2.40. The molecule has 0 bridgehead atoms. The number of hydrogen-bond acceptors (Lipinski definition) is 4. The third-order valence-corrected chi connectivity index (χ3v) is 4.80. The van der Waals surface area contributed by atoms with Crippen molar-refractivity contribution < 1.29 is 10.0 Å². The van der Waals surface area contributed by atoms with E-state index in [2.05, 4.69) is 23.9 Å². The van der Waals surface area contributed by atoms with Crippen LogP contribution in [-0.2, 0) is 4.79 Å². The molecule has 1 aliphatic heterocycles. The Morgan fingerprint density at radius 2 is 1.75 bits per heavy atom. The van der Waals surface area contributed by atoms with E-state index < -0.39 is 5.41 Å². The van der Waals surface area contributed by atoms with Crippen LogP contribution in [0.15, 0.2) is 5.16 Å². The van der Waals surface area contributed by atoms with E-state index in [-0.39, 0.29) is 11.7 Å². The number of carbonyl (C=O) groups is 1. The quantitative estimate of drug-likeness (QED) is 0.348. The lowest BCUT2D eigenvalue weighted by molar-refractivity contribution is -0.140. The van der Waals surface area contributed by atoms with Crippen LogP contribution in [0.1, 0.15) is 39.5 Å². The molecular formula is C14H26N4O2. The highest BCUT2D eigenvalue weighted by Crippen LogP contribution is 2.40. The van der Waals surface area contributed by atoms with Gasteiger partial charge >= 0.3 is 0 Å². The molecule has 114 valence electrons. The predicted octanol–water partition coefficient (Wildman–Crippen LogP) is 0.846. The molecule has 0 spiro atoms. The van der Waals surface area contributed by atoms with E-state index in [0.717, 1.165) is 39.0 Å². The molecule has 3 N–H and O–H groups in total. The largest absolute Gasteiger partial charge is 0.409 e. The molecule has 1 aliphatic carbocycles. The number of rotatable bonds is 3. The summed E-state index contributed by atoms with van der Waals surface area (Å²) in [5, 5.41) is 12.1. The van der Waals surface area contributed by atoms with Gasteiger partial charge in [0.2, 0.25) is 5.91 Å². The zero-order chi connectivity index (χ0) is 14.8. The van der Waals surface area contributed by atoms with Gasteiger partial charge in [-0.3, -0.25) is 9.69 Å². The van der Waals surface area contributed by atoms with Crippen molar-refractivity contribution in [3.63, 3.8) is 0 Å². The number of oxime groups is 1. The molecule has 6 nitrogen and oxygen atoms in total. The standard InChI is InChI=1S/C14H26N4O2/c1-11(2)17-7-9-18(10-8-17)13(19)14(12(15)16-20)5-3-4-6-14/h11,20H,3-10H2,1-2H3,(H2,15,16). The van der Waals surface area contributed by atoms with Gasteiger partial charge in [-0.05, 0) is 26.7 Å². The smallest absolute Gasteiger partial charge is 0.236 e. The summed E-state index contributed by atoms with van der Waals surface area (Å²) in [4.78, 5) is 17.1. The second-order valence-corrected chi connectivity index (χ2v) is 6.20. The SMILES string of the molecule is CC(C)N1CCN(C(=O)C2(C(N)=NO)CCCC2)CC1. The summed E-state index contributed by atoms with van der Waals surface area (Å²) in [6, 6.07) is 0.511. The zero-order valence-electron chi connectivity index (χ0n) is 12.5. The van der Waals surface area contributed by atoms with Gasteiger partial charge in [-0.15, -0.1) is 0 Å². The number of carbonyl (C=O) groups excluding carboxylic acids is 1. The van der Waals surface area contributed by atoms with E-state index in [9.17, 15) is 4.79 Å². The van der Waals surface area contributed by atoms with Crippen LogP contribution in [0, 0.1) is 5.41 Å². The molecule has 0 radical (unpaired) electrons. The fraction of sp³-hybridized carbons (Fsp3) is 0.857. The first-order chi connectivity index (χ1) is 9.51. The molecule has 2 aliphatic rings. The first kappa shape index (κ1) is 15.1. The molecule has 1 saturated heterocycles. The summed E-state index contributed by atoms with van der Waals surface area (Å²) >= 11 is 0. The summed E-state index contributed by atoms with van der Waals surface area (Å²) in [6.07, 6.45) is 3.33. The molecule has 2 fully saturated rings. The summed E-state index contributed by atoms with van der Waals surface area (Å²) in [5.41, 5.74) is 5.08. The van der Waals surface area contributed by atoms with Gasteiger partial charge in [0.15, 0.2) is 5.84 Å². The summed E-state index contributed by atoms with van der Waals surface area (Å²) < 4.78 is 0. The molecule has 0 atom stereocenters. The third-order valence-electron chi connectivity index (χ3n) is 4.80. The van der Waals surface area contributed by atoms with Crippen LogP contribution in [0.4, 0.5) is 0 Å². The fourth-order valence-corrected chi connectivity index (χ4v) is 3.40. The van der Waals surface area contributed by atoms with Crippen LogP contribution in [0.3, 0.4) is 0 Å². The molecule has 0 aromatic heterocycles. The van der Waals surface area contributed by atoms with Crippen LogP contribution < -0.4 is 5.73 Å². The van der Waals surface area contributed by atoms with Crippen LogP contribution in [0.25, 0.3) is 0 Å². The van der Waals surface area contributed by atoms with Crippen LogP contribution in [0.2, 0.25) is 0 Å². The van der Waals surface area contributed by atoms with Crippen molar-refractivity contribution in [3.05, 3.63) is 0 Å². The van der Waals surface area contributed by atoms with Gasteiger partial charge in [0, 0.05) is 32.2 Å². The van der Waals surface area contributed by atoms with Gasteiger partial charge in [-0.1, -0.05) is 18.0 Å². The van der Waals surface area contributed by atoms with Crippen molar-refractivity contribution in [3.8, 4) is 0 Å². The van der Waals surface area contributed by atoms with Crippen molar-refractivity contribution in [1.29, 1.82) is 0 Å². The van der Waals surface area contributed by atoms with Gasteiger partial charge in [-0.25, -0.2) is 0 Å². The normalized spacial score (nSPS) is 24.4. The average molecular weight is 282 g/mol. The maximum Gasteiger partial charge on any atom is 0.236 e. The summed E-state index contributed by atoms with van der Waals surface area (Å²) in [5.74, 6) is 0.139. The van der Waals surface area contributed by atoms with Gasteiger partial charge < -0.3 is 15.8 Å². The predicted molar refractivity (Wildman–Crippen MR) is 77.6 cm³/mol. The van der Waals surface area contributed by atoms with Crippen molar-refractivity contribution in [2.24, 2.45) is 16.3 Å². The van der Waals surface area contributed by atoms with Gasteiger partial charge in [0.25, 0.3) is 0 Å². The van der Waals surface area contributed by atoms with E-state index in [4.69, 9.17) is 10.9 Å². The van der Waals surface area contributed by atoms with E-state index >= 15 is 0 Å². The van der Waals surface area contributed by atoms with E-state index in [1.807, 2.05) is 4.90 Å². The summed E-state index contributed by atoms with van der Waals surface area (Å²) in [7, 11) is 0. The van der Waals surface area contributed by atoms with E-state index in [1.165, 1.54) is 0 Å². The minimum absolute atomic E-state index is 0.0497. The van der Waals surface area contributed by atoms with Gasteiger partial charge in [0.1, 0.15) is 5.41 Å². The van der Waals surface area contributed by atoms with Gasteiger partial charge in [-0.2, -0.15) is 0 Å². The second-order valence-electron chi connectivity index (χ2n) is 6.20. The number of amides is 1. The number of amidine groups is 1. The molecule has 1 heterocycles. The monoisotopic (exact) mass is 282 g/mol. The molecule has 0 aromatic carbocycles. The van der Waals surface area contributed by atoms with Crippen molar-refractivity contribution >= 4 is 11.7 Å². The highest BCUT2D eigenvalue weighted by atomic mass is 16.4. The molecule has 0 aromatic rings. The average Bonchev–Trinajstić information content (AvgIpc) is 2.96. The maximum atomic E-state index is 12.8. The molecular weight excluding hydrogens is 256 g/mol. The minimum atomic E-state index is -0.755. The first-order valence-electron chi connectivity index (χ1n) is 7.52. The number of hydrogen-bond donors (Lipinski definition) is 2. The lowest BCUT2D eigenvalue weighted by Crippen LogP contribution is -2.56. The molecule has 2 rings (SSSR count). The Kier molecular flexibility index (Phi) is 4.52. The van der Waals surface area contributed by atoms with E-state index in [0.29, 0.717) is 18.9 Å². The Hall–Kier alpha value is -1.30. The Balaban J connectivity index is 2.07. The number of nitrogens with two attached hydrogens (primary N) is 1. The fourth-order valence-electron chi connectivity index (χ4n) is 3.40. The highest BCUT2D eigenvalue weighted by Gasteiger charge is 2.47. The van der Waals surface area contributed by atoms with Crippen LogP contribution >= 0.6 is 0 Å². The van der Waals surface area contributed by atoms with E-state index in [1.54, 1.807) is 0 Å². The Morgan fingerprint density at radius 3 is 2.20 bits per heavy atom. The third kappa shape index (κ3) is 2.61. The number of piperazine rings is 1. The molecule has 1 saturated carbocycles. The Bertz CT molecular complexity index is 381.